The van der Waals surface area contributed by atoms with E-state index in [1.165, 1.54) is 5.57 Å². The quantitative estimate of drug-likeness (QED) is 0.607. The Morgan fingerprint density at radius 1 is 1.64 bits per heavy atom. The van der Waals surface area contributed by atoms with Crippen molar-refractivity contribution in [2.75, 3.05) is 0 Å². The number of hydrogen-bond acceptors (Lipinski definition) is 1. The molecular weight excluding hydrogens is 136 g/mol. The topological polar surface area (TPSA) is 20.2 Å². The van der Waals surface area contributed by atoms with Crippen LogP contribution in [0.5, 0.6) is 0 Å². The highest BCUT2D eigenvalue weighted by atomic mass is 16.3. The molecule has 0 aromatic rings. The van der Waals surface area contributed by atoms with Gasteiger partial charge in [0.05, 0.1) is 6.10 Å². The molecule has 0 aromatic carbocycles. The molecule has 0 spiro atoms. The van der Waals surface area contributed by atoms with Crippen molar-refractivity contribution in [2.24, 2.45) is 0 Å². The van der Waals surface area contributed by atoms with Crippen LogP contribution in [-0.4, -0.2) is 11.2 Å². The van der Waals surface area contributed by atoms with Gasteiger partial charge in [-0.25, -0.2) is 0 Å². The molecule has 1 nitrogen and oxygen atoms in total. The van der Waals surface area contributed by atoms with E-state index in [0.29, 0.717) is 0 Å². The molecule has 11 heavy (non-hydrogen) atoms. The minimum Gasteiger partial charge on any atom is -0.388 e. The fourth-order valence-corrected chi connectivity index (χ4v) is 1.46. The van der Waals surface area contributed by atoms with Gasteiger partial charge < -0.3 is 5.11 Å². The van der Waals surface area contributed by atoms with Gasteiger partial charge >= 0.3 is 0 Å². The lowest BCUT2D eigenvalue weighted by Gasteiger charge is -2.02. The lowest BCUT2D eigenvalue weighted by Crippen LogP contribution is -2.01. The minimum absolute atomic E-state index is 0.265. The molecule has 0 saturated heterocycles. The molecule has 0 radical (unpaired) electrons. The first kappa shape index (κ1) is 8.28. The molecule has 1 atom stereocenters. The van der Waals surface area contributed by atoms with Crippen molar-refractivity contribution < 1.29 is 5.11 Å². The lowest BCUT2D eigenvalue weighted by molar-refractivity contribution is 0.218. The maximum atomic E-state index is 9.46. The molecule has 1 fully saturated rings. The summed E-state index contributed by atoms with van der Waals surface area (Å²) in [5, 5.41) is 9.46. The molecule has 0 aliphatic heterocycles. The second-order valence-electron chi connectivity index (χ2n) is 2.73. The Hall–Kier alpha value is -0.820. The van der Waals surface area contributed by atoms with E-state index in [1.54, 1.807) is 6.08 Å². The fourth-order valence-electron chi connectivity index (χ4n) is 1.46. The molecule has 1 unspecified atom stereocenters. The van der Waals surface area contributed by atoms with Gasteiger partial charge in [-0.05, 0) is 30.9 Å². The highest BCUT2D eigenvalue weighted by molar-refractivity contribution is 5.40. The van der Waals surface area contributed by atoms with Crippen molar-refractivity contribution in [3.63, 3.8) is 0 Å². The van der Waals surface area contributed by atoms with Gasteiger partial charge in [0.1, 0.15) is 0 Å². The first-order valence-corrected chi connectivity index (χ1v) is 3.95. The van der Waals surface area contributed by atoms with Crippen molar-refractivity contribution >= 4 is 0 Å². The van der Waals surface area contributed by atoms with E-state index in [1.807, 2.05) is 13.0 Å². The highest BCUT2D eigenvalue weighted by Crippen LogP contribution is 2.30. The van der Waals surface area contributed by atoms with Gasteiger partial charge in [-0.15, -0.1) is 0 Å². The fraction of sp³-hybridized carbons (Fsp3) is 0.400. The molecule has 0 heterocycles. The zero-order chi connectivity index (χ0) is 8.27. The highest BCUT2D eigenvalue weighted by Gasteiger charge is 2.21. The Balaban J connectivity index is 2.88. The predicted octanol–water partition coefficient (Wildman–Crippen LogP) is 2.20. The van der Waals surface area contributed by atoms with E-state index in [-0.39, 0.29) is 6.10 Å². The molecule has 1 N–H and O–H groups in total. The van der Waals surface area contributed by atoms with E-state index in [2.05, 4.69) is 12.7 Å². The molecular formula is C10H14O. The van der Waals surface area contributed by atoms with E-state index >= 15 is 0 Å². The summed E-state index contributed by atoms with van der Waals surface area (Å²) in [4.78, 5) is 0. The molecule has 1 heteroatoms. The lowest BCUT2D eigenvalue weighted by atomic mass is 10.1. The van der Waals surface area contributed by atoms with Gasteiger partial charge in [0.25, 0.3) is 0 Å². The zero-order valence-electron chi connectivity index (χ0n) is 6.88. The van der Waals surface area contributed by atoms with Crippen LogP contribution < -0.4 is 0 Å². The van der Waals surface area contributed by atoms with E-state index in [9.17, 15) is 5.11 Å². The average Bonchev–Trinajstić information content (AvgIpc) is 2.34. The summed E-state index contributed by atoms with van der Waals surface area (Å²) >= 11 is 0. The van der Waals surface area contributed by atoms with Crippen LogP contribution in [0.25, 0.3) is 0 Å². The second kappa shape index (κ2) is 3.54. The third-order valence-corrected chi connectivity index (χ3v) is 2.06. The predicted molar refractivity (Wildman–Crippen MR) is 47.3 cm³/mol. The van der Waals surface area contributed by atoms with Crippen molar-refractivity contribution in [3.05, 3.63) is 36.0 Å². The molecule has 1 rings (SSSR count). The third kappa shape index (κ3) is 1.60. The summed E-state index contributed by atoms with van der Waals surface area (Å²) in [7, 11) is 0. The summed E-state index contributed by atoms with van der Waals surface area (Å²) in [5.74, 6) is 0. The summed E-state index contributed by atoms with van der Waals surface area (Å²) in [5.41, 5.74) is 2.31. The SMILES string of the molecule is C=C/C=C1\C(=C/C)CCC1O. The number of hydrogen-bond donors (Lipinski definition) is 1. The first-order valence-electron chi connectivity index (χ1n) is 3.95. The Labute approximate surface area is 67.7 Å². The molecule has 1 saturated carbocycles. The van der Waals surface area contributed by atoms with Gasteiger partial charge in [0.2, 0.25) is 0 Å². The summed E-state index contributed by atoms with van der Waals surface area (Å²) in [6.07, 6.45) is 7.28. The second-order valence-corrected chi connectivity index (χ2v) is 2.73. The molecule has 1 aliphatic carbocycles. The minimum atomic E-state index is -0.265. The van der Waals surface area contributed by atoms with Crippen LogP contribution in [0, 0.1) is 0 Å². The third-order valence-electron chi connectivity index (χ3n) is 2.06. The van der Waals surface area contributed by atoms with Gasteiger partial charge in [-0.2, -0.15) is 0 Å². The van der Waals surface area contributed by atoms with Crippen LogP contribution in [0.3, 0.4) is 0 Å². The molecule has 0 amide bonds. The number of aliphatic hydroxyl groups is 1. The standard InChI is InChI=1S/C10H14O/c1-3-5-9-8(4-2)6-7-10(9)11/h3-5,10-11H,1,6-7H2,2H3/b8-4-,9-5+. The van der Waals surface area contributed by atoms with Gasteiger partial charge in [0.15, 0.2) is 0 Å². The smallest absolute Gasteiger partial charge is 0.0795 e. The van der Waals surface area contributed by atoms with Crippen LogP contribution in [0.2, 0.25) is 0 Å². The van der Waals surface area contributed by atoms with Gasteiger partial charge in [0, 0.05) is 0 Å². The first-order chi connectivity index (χ1) is 5.29. The Kier molecular flexibility index (Phi) is 2.66. The van der Waals surface area contributed by atoms with Crippen LogP contribution >= 0.6 is 0 Å². The monoisotopic (exact) mass is 150 g/mol. The maximum absolute atomic E-state index is 9.46. The van der Waals surface area contributed by atoms with Crippen LogP contribution in [0.15, 0.2) is 36.0 Å². The molecule has 1 aliphatic rings. The van der Waals surface area contributed by atoms with Gasteiger partial charge in [-0.3, -0.25) is 0 Å². The number of aliphatic hydroxyl groups excluding tert-OH is 1. The maximum Gasteiger partial charge on any atom is 0.0795 e. The van der Waals surface area contributed by atoms with Crippen molar-refractivity contribution in [3.8, 4) is 0 Å². The van der Waals surface area contributed by atoms with Crippen molar-refractivity contribution in [2.45, 2.75) is 25.9 Å². The molecule has 60 valence electrons. The molecule has 0 bridgehead atoms. The van der Waals surface area contributed by atoms with Crippen LogP contribution in [0.1, 0.15) is 19.8 Å². The average molecular weight is 150 g/mol. The van der Waals surface area contributed by atoms with E-state index < -0.39 is 0 Å². The van der Waals surface area contributed by atoms with E-state index in [0.717, 1.165) is 18.4 Å². The Bertz CT molecular complexity index is 211. The summed E-state index contributed by atoms with van der Waals surface area (Å²) < 4.78 is 0. The summed E-state index contributed by atoms with van der Waals surface area (Å²) in [6, 6.07) is 0. The van der Waals surface area contributed by atoms with Crippen LogP contribution in [-0.2, 0) is 0 Å². The normalized spacial score (nSPS) is 31.6. The number of rotatable bonds is 1. The van der Waals surface area contributed by atoms with E-state index in [4.69, 9.17) is 0 Å². The largest absolute Gasteiger partial charge is 0.388 e. The Morgan fingerprint density at radius 3 is 2.91 bits per heavy atom. The number of allylic oxidation sites excluding steroid dienone is 3. The summed E-state index contributed by atoms with van der Waals surface area (Å²) in [6.45, 7) is 5.62. The van der Waals surface area contributed by atoms with Gasteiger partial charge in [-0.1, -0.05) is 24.8 Å². The molecule has 0 aromatic heterocycles. The van der Waals surface area contributed by atoms with Crippen LogP contribution in [0.4, 0.5) is 0 Å². The zero-order valence-corrected chi connectivity index (χ0v) is 6.88. The van der Waals surface area contributed by atoms with Crippen molar-refractivity contribution in [1.82, 2.24) is 0 Å². The van der Waals surface area contributed by atoms with Crippen molar-refractivity contribution in [1.29, 1.82) is 0 Å². The Morgan fingerprint density at radius 2 is 2.36 bits per heavy atom.